The predicted molar refractivity (Wildman–Crippen MR) is 65.0 cm³/mol. The zero-order chi connectivity index (χ0) is 10.8. The first-order valence-corrected chi connectivity index (χ1v) is 6.13. The number of hydrogen-bond donors (Lipinski definition) is 1. The molecule has 4 heteroatoms. The van der Waals surface area contributed by atoms with Gasteiger partial charge in [0, 0.05) is 41.7 Å². The summed E-state index contributed by atoms with van der Waals surface area (Å²) in [5.74, 6) is 0.455. The second-order valence-corrected chi connectivity index (χ2v) is 5.30. The summed E-state index contributed by atoms with van der Waals surface area (Å²) in [5.41, 5.74) is 1.14. The zero-order valence-corrected chi connectivity index (χ0v) is 10.6. The molecule has 1 heterocycles. The summed E-state index contributed by atoms with van der Waals surface area (Å²) in [6, 6.07) is 5.90. The molecule has 0 bridgehead atoms. The van der Waals surface area contributed by atoms with Crippen molar-refractivity contribution >= 4 is 27.5 Å². The monoisotopic (exact) mass is 289 g/mol. The van der Waals surface area contributed by atoms with Crippen molar-refractivity contribution in [3.8, 4) is 0 Å². The largest absolute Gasteiger partial charge is 0.396 e. The fourth-order valence-corrected chi connectivity index (χ4v) is 2.41. The van der Waals surface area contributed by atoms with Crippen LogP contribution in [0.5, 0.6) is 0 Å². The molecule has 1 fully saturated rings. The Balaban J connectivity index is 1.97. The highest BCUT2D eigenvalue weighted by atomic mass is 79.9. The van der Waals surface area contributed by atoms with Crippen molar-refractivity contribution in [2.45, 2.75) is 6.54 Å². The Morgan fingerprint density at radius 1 is 1.47 bits per heavy atom. The molecule has 0 aromatic heterocycles. The van der Waals surface area contributed by atoms with Crippen molar-refractivity contribution in [1.82, 2.24) is 4.90 Å². The van der Waals surface area contributed by atoms with E-state index >= 15 is 0 Å². The Labute approximate surface area is 103 Å². The van der Waals surface area contributed by atoms with Gasteiger partial charge in [0.05, 0.1) is 0 Å². The number of rotatable bonds is 3. The fraction of sp³-hybridized carbons (Fsp3) is 0.455. The Morgan fingerprint density at radius 2 is 2.20 bits per heavy atom. The van der Waals surface area contributed by atoms with E-state index in [-0.39, 0.29) is 0 Å². The van der Waals surface area contributed by atoms with E-state index in [1.165, 1.54) is 0 Å². The summed E-state index contributed by atoms with van der Waals surface area (Å²) in [6.45, 7) is 3.11. The van der Waals surface area contributed by atoms with E-state index in [9.17, 15) is 0 Å². The Kier molecular flexibility index (Phi) is 3.67. The van der Waals surface area contributed by atoms with Gasteiger partial charge in [-0.2, -0.15) is 0 Å². The van der Waals surface area contributed by atoms with Crippen LogP contribution < -0.4 is 0 Å². The smallest absolute Gasteiger partial charge is 0.0483 e. The van der Waals surface area contributed by atoms with Crippen molar-refractivity contribution in [3.63, 3.8) is 0 Å². The van der Waals surface area contributed by atoms with Gasteiger partial charge < -0.3 is 5.11 Å². The lowest BCUT2D eigenvalue weighted by Gasteiger charge is -2.38. The van der Waals surface area contributed by atoms with Gasteiger partial charge in [0.15, 0.2) is 0 Å². The van der Waals surface area contributed by atoms with Gasteiger partial charge in [-0.3, -0.25) is 4.90 Å². The molecule has 0 atom stereocenters. The van der Waals surface area contributed by atoms with Gasteiger partial charge in [-0.15, -0.1) is 0 Å². The minimum atomic E-state index is 0.294. The molecule has 1 aromatic rings. The van der Waals surface area contributed by atoms with Crippen LogP contribution >= 0.6 is 27.5 Å². The van der Waals surface area contributed by atoms with E-state index in [1.807, 2.05) is 12.1 Å². The van der Waals surface area contributed by atoms with Gasteiger partial charge in [-0.1, -0.05) is 27.5 Å². The average Bonchev–Trinajstić information content (AvgIpc) is 2.16. The average molecular weight is 291 g/mol. The van der Waals surface area contributed by atoms with Crippen LogP contribution in [0.2, 0.25) is 5.02 Å². The molecule has 1 aliphatic heterocycles. The molecule has 1 saturated heterocycles. The van der Waals surface area contributed by atoms with Gasteiger partial charge in [0.2, 0.25) is 0 Å². The van der Waals surface area contributed by atoms with Gasteiger partial charge >= 0.3 is 0 Å². The van der Waals surface area contributed by atoms with Crippen molar-refractivity contribution in [2.24, 2.45) is 5.92 Å². The number of aliphatic hydroxyl groups excluding tert-OH is 1. The normalized spacial score (nSPS) is 17.8. The van der Waals surface area contributed by atoms with Gasteiger partial charge in [0.1, 0.15) is 0 Å². The molecule has 1 aromatic carbocycles. The SMILES string of the molecule is OCC1CN(Cc2cc(Br)ccc2Cl)C1. The molecule has 2 rings (SSSR count). The number of halogens is 2. The van der Waals surface area contributed by atoms with Gasteiger partial charge in [-0.25, -0.2) is 0 Å². The van der Waals surface area contributed by atoms with Crippen molar-refractivity contribution < 1.29 is 5.11 Å². The van der Waals surface area contributed by atoms with Gasteiger partial charge in [-0.05, 0) is 23.8 Å². The molecule has 2 nitrogen and oxygen atoms in total. The molecule has 0 aliphatic carbocycles. The summed E-state index contributed by atoms with van der Waals surface area (Å²) in [4.78, 5) is 2.29. The lowest BCUT2D eigenvalue weighted by molar-refractivity contribution is 0.0479. The standard InChI is InChI=1S/C11H13BrClNO/c12-10-1-2-11(13)9(3-10)6-14-4-8(5-14)7-15/h1-3,8,15H,4-7H2. The third-order valence-electron chi connectivity index (χ3n) is 2.69. The Bertz CT molecular complexity index is 352. The van der Waals surface area contributed by atoms with Crippen LogP contribution in [0.15, 0.2) is 22.7 Å². The first kappa shape index (κ1) is 11.4. The first-order valence-electron chi connectivity index (χ1n) is 4.96. The first-order chi connectivity index (χ1) is 7.19. The molecule has 1 aliphatic rings. The van der Waals surface area contributed by atoms with Crippen LogP contribution in [0.3, 0.4) is 0 Å². The topological polar surface area (TPSA) is 23.5 Å². The highest BCUT2D eigenvalue weighted by Gasteiger charge is 2.25. The van der Waals surface area contributed by atoms with Crippen LogP contribution in [0.4, 0.5) is 0 Å². The van der Waals surface area contributed by atoms with Crippen molar-refractivity contribution in [2.75, 3.05) is 19.7 Å². The van der Waals surface area contributed by atoms with Gasteiger partial charge in [0.25, 0.3) is 0 Å². The maximum Gasteiger partial charge on any atom is 0.0483 e. The molecular formula is C11H13BrClNO. The summed E-state index contributed by atoms with van der Waals surface area (Å²) in [5, 5.41) is 9.72. The summed E-state index contributed by atoms with van der Waals surface area (Å²) < 4.78 is 1.06. The number of benzene rings is 1. The summed E-state index contributed by atoms with van der Waals surface area (Å²) >= 11 is 9.53. The quantitative estimate of drug-likeness (QED) is 0.925. The predicted octanol–water partition coefficient (Wildman–Crippen LogP) is 2.53. The Hall–Kier alpha value is -0.0900. The third kappa shape index (κ3) is 2.72. The van der Waals surface area contributed by atoms with E-state index in [0.717, 1.165) is 34.7 Å². The third-order valence-corrected chi connectivity index (χ3v) is 3.55. The van der Waals surface area contributed by atoms with E-state index in [1.54, 1.807) is 0 Å². The van der Waals surface area contributed by atoms with Crippen LogP contribution in [0, 0.1) is 5.92 Å². The molecule has 82 valence electrons. The second-order valence-electron chi connectivity index (χ2n) is 3.98. The summed E-state index contributed by atoms with van der Waals surface area (Å²) in [7, 11) is 0. The number of likely N-dealkylation sites (tertiary alicyclic amines) is 1. The fourth-order valence-electron chi connectivity index (χ4n) is 1.83. The Morgan fingerprint density at radius 3 is 2.87 bits per heavy atom. The van der Waals surface area contributed by atoms with Crippen LogP contribution in [-0.4, -0.2) is 29.7 Å². The van der Waals surface area contributed by atoms with Crippen LogP contribution in [-0.2, 0) is 6.54 Å². The minimum Gasteiger partial charge on any atom is -0.396 e. The van der Waals surface area contributed by atoms with Crippen LogP contribution in [0.25, 0.3) is 0 Å². The molecule has 1 N–H and O–H groups in total. The maximum atomic E-state index is 8.91. The number of hydrogen-bond acceptors (Lipinski definition) is 2. The molecule has 15 heavy (non-hydrogen) atoms. The van der Waals surface area contributed by atoms with E-state index < -0.39 is 0 Å². The van der Waals surface area contributed by atoms with Crippen LogP contribution in [0.1, 0.15) is 5.56 Å². The molecule has 0 unspecified atom stereocenters. The highest BCUT2D eigenvalue weighted by molar-refractivity contribution is 9.10. The number of aliphatic hydroxyl groups is 1. The highest BCUT2D eigenvalue weighted by Crippen LogP contribution is 2.25. The summed E-state index contributed by atoms with van der Waals surface area (Å²) in [6.07, 6.45) is 0. The van der Waals surface area contributed by atoms with Crippen molar-refractivity contribution in [3.05, 3.63) is 33.3 Å². The van der Waals surface area contributed by atoms with Crippen molar-refractivity contribution in [1.29, 1.82) is 0 Å². The lowest BCUT2D eigenvalue weighted by atomic mass is 10.0. The molecule has 0 spiro atoms. The zero-order valence-electron chi connectivity index (χ0n) is 8.29. The molecule has 0 amide bonds. The lowest BCUT2D eigenvalue weighted by Crippen LogP contribution is -2.47. The van der Waals surface area contributed by atoms with E-state index in [0.29, 0.717) is 12.5 Å². The second kappa shape index (κ2) is 4.83. The molecular weight excluding hydrogens is 277 g/mol. The maximum absolute atomic E-state index is 8.91. The van der Waals surface area contributed by atoms with E-state index in [2.05, 4.69) is 26.9 Å². The number of nitrogens with zero attached hydrogens (tertiary/aromatic N) is 1. The molecule has 0 saturated carbocycles. The van der Waals surface area contributed by atoms with E-state index in [4.69, 9.17) is 16.7 Å². The minimum absolute atomic E-state index is 0.294. The molecule has 0 radical (unpaired) electrons.